The Kier molecular flexibility index (Phi) is 7.89. The number of benzene rings is 2. The molecule has 1 aliphatic carbocycles. The molecule has 2 aromatic carbocycles. The largest absolute Gasteiger partial charge is 0.347 e. The molecule has 0 aromatic heterocycles. The van der Waals surface area contributed by atoms with Gasteiger partial charge in [0.1, 0.15) is 12.1 Å². The molecule has 35 heavy (non-hydrogen) atoms. The van der Waals surface area contributed by atoms with E-state index in [-0.39, 0.29) is 29.7 Å². The van der Waals surface area contributed by atoms with Gasteiger partial charge in [-0.2, -0.15) is 0 Å². The number of fused-ring (bicyclic) bond motifs is 1. The summed E-state index contributed by atoms with van der Waals surface area (Å²) in [5.41, 5.74) is 4.76. The predicted octanol–water partition coefficient (Wildman–Crippen LogP) is 3.86. The van der Waals surface area contributed by atoms with Crippen LogP contribution in [0, 0.1) is 12.8 Å². The van der Waals surface area contributed by atoms with E-state index in [4.69, 9.17) is 0 Å². The molecular formula is C29H37N3O3. The van der Waals surface area contributed by atoms with Gasteiger partial charge in [0.25, 0.3) is 0 Å². The zero-order chi connectivity index (χ0) is 24.9. The third kappa shape index (κ3) is 5.58. The normalized spacial score (nSPS) is 20.7. The van der Waals surface area contributed by atoms with Crippen LogP contribution >= 0.6 is 0 Å². The lowest BCUT2D eigenvalue weighted by Crippen LogP contribution is -2.55. The van der Waals surface area contributed by atoms with Crippen molar-refractivity contribution in [2.75, 3.05) is 6.54 Å². The highest BCUT2D eigenvalue weighted by Gasteiger charge is 2.39. The average molecular weight is 476 g/mol. The van der Waals surface area contributed by atoms with Gasteiger partial charge in [-0.15, -0.1) is 0 Å². The van der Waals surface area contributed by atoms with Crippen LogP contribution in [0.5, 0.6) is 0 Å². The van der Waals surface area contributed by atoms with Crippen LogP contribution in [0.2, 0.25) is 0 Å². The van der Waals surface area contributed by atoms with Gasteiger partial charge in [-0.25, -0.2) is 0 Å². The molecule has 4 atom stereocenters. The SMILES string of the molecule is CC[C@@H](C)C(=O)N[C@@H](Cc1ccccc1)C(=O)N1CCC[C@H]1C(=O)NC1CCc2c(C)cccc21. The number of rotatable bonds is 8. The molecule has 1 saturated heterocycles. The van der Waals surface area contributed by atoms with E-state index in [9.17, 15) is 14.4 Å². The van der Waals surface area contributed by atoms with Crippen molar-refractivity contribution in [3.8, 4) is 0 Å². The first-order chi connectivity index (χ1) is 16.9. The number of amides is 3. The molecule has 1 unspecified atom stereocenters. The number of likely N-dealkylation sites (tertiary alicyclic amines) is 1. The first kappa shape index (κ1) is 25.0. The molecule has 4 rings (SSSR count). The fourth-order valence-corrected chi connectivity index (χ4v) is 5.31. The molecule has 0 radical (unpaired) electrons. The third-order valence-corrected chi connectivity index (χ3v) is 7.62. The van der Waals surface area contributed by atoms with Crippen LogP contribution in [0.15, 0.2) is 48.5 Å². The Morgan fingerprint density at radius 2 is 1.83 bits per heavy atom. The number of aryl methyl sites for hydroxylation is 1. The van der Waals surface area contributed by atoms with Crippen LogP contribution in [0.3, 0.4) is 0 Å². The van der Waals surface area contributed by atoms with Crippen LogP contribution in [-0.4, -0.2) is 41.2 Å². The molecule has 1 heterocycles. The Labute approximate surface area is 208 Å². The summed E-state index contributed by atoms with van der Waals surface area (Å²) in [5.74, 6) is -0.572. The van der Waals surface area contributed by atoms with Crippen LogP contribution in [0.4, 0.5) is 0 Å². The molecule has 0 spiro atoms. The maximum absolute atomic E-state index is 13.7. The molecule has 0 saturated carbocycles. The molecule has 2 N–H and O–H groups in total. The summed E-state index contributed by atoms with van der Waals surface area (Å²) in [6.07, 6.45) is 4.37. The minimum Gasteiger partial charge on any atom is -0.347 e. The number of carbonyl (C=O) groups excluding carboxylic acids is 3. The summed E-state index contributed by atoms with van der Waals surface area (Å²) < 4.78 is 0. The second-order valence-electron chi connectivity index (χ2n) is 9.99. The van der Waals surface area contributed by atoms with Gasteiger partial charge >= 0.3 is 0 Å². The Bertz CT molecular complexity index is 1070. The van der Waals surface area contributed by atoms with E-state index < -0.39 is 12.1 Å². The lowest BCUT2D eigenvalue weighted by atomic mass is 10.0. The fraction of sp³-hybridized carbons (Fsp3) is 0.483. The number of hydrogen-bond donors (Lipinski definition) is 2. The van der Waals surface area contributed by atoms with E-state index in [1.165, 1.54) is 16.7 Å². The summed E-state index contributed by atoms with van der Waals surface area (Å²) in [5, 5.41) is 6.21. The van der Waals surface area contributed by atoms with Gasteiger partial charge in [0.15, 0.2) is 0 Å². The Balaban J connectivity index is 1.49. The van der Waals surface area contributed by atoms with Crippen molar-refractivity contribution in [1.82, 2.24) is 15.5 Å². The standard InChI is InChI=1S/C29H37N3O3/c1-4-19(2)27(33)31-25(18-21-11-6-5-7-12-21)29(35)32-17-9-14-26(32)28(34)30-24-16-15-22-20(3)10-8-13-23(22)24/h5-8,10-13,19,24-26H,4,9,14-18H2,1-3H3,(H,30,34)(H,31,33)/t19-,24?,25+,26+/m1/s1. The summed E-state index contributed by atoms with van der Waals surface area (Å²) in [7, 11) is 0. The van der Waals surface area contributed by atoms with E-state index in [2.05, 4.69) is 29.7 Å². The van der Waals surface area contributed by atoms with Crippen molar-refractivity contribution in [1.29, 1.82) is 0 Å². The Hall–Kier alpha value is -3.15. The van der Waals surface area contributed by atoms with Crippen molar-refractivity contribution in [3.63, 3.8) is 0 Å². The van der Waals surface area contributed by atoms with Crippen molar-refractivity contribution in [2.24, 2.45) is 5.92 Å². The van der Waals surface area contributed by atoms with Crippen LogP contribution in [0.1, 0.15) is 67.8 Å². The lowest BCUT2D eigenvalue weighted by Gasteiger charge is -2.30. The smallest absolute Gasteiger partial charge is 0.246 e. The molecule has 1 fully saturated rings. The number of nitrogens with one attached hydrogen (secondary N) is 2. The third-order valence-electron chi connectivity index (χ3n) is 7.62. The summed E-state index contributed by atoms with van der Waals surface area (Å²) in [6.45, 7) is 6.47. The van der Waals surface area contributed by atoms with Crippen molar-refractivity contribution in [2.45, 2.75) is 77.4 Å². The first-order valence-electron chi connectivity index (χ1n) is 12.9. The molecule has 186 valence electrons. The Morgan fingerprint density at radius 1 is 1.06 bits per heavy atom. The van der Waals surface area contributed by atoms with Gasteiger partial charge in [0, 0.05) is 18.9 Å². The van der Waals surface area contributed by atoms with Gasteiger partial charge in [-0.3, -0.25) is 14.4 Å². The van der Waals surface area contributed by atoms with E-state index in [0.29, 0.717) is 25.8 Å². The van der Waals surface area contributed by atoms with E-state index in [0.717, 1.165) is 24.8 Å². The summed E-state index contributed by atoms with van der Waals surface area (Å²) in [4.78, 5) is 41.5. The first-order valence-corrected chi connectivity index (χ1v) is 12.9. The van der Waals surface area contributed by atoms with Crippen LogP contribution in [-0.2, 0) is 27.2 Å². The molecule has 1 aliphatic heterocycles. The van der Waals surface area contributed by atoms with Gasteiger partial charge in [-0.1, -0.05) is 62.4 Å². The maximum atomic E-state index is 13.7. The Morgan fingerprint density at radius 3 is 2.57 bits per heavy atom. The monoisotopic (exact) mass is 475 g/mol. The molecule has 0 bridgehead atoms. The van der Waals surface area contributed by atoms with Gasteiger partial charge in [0.05, 0.1) is 6.04 Å². The number of hydrogen-bond acceptors (Lipinski definition) is 3. The van der Waals surface area contributed by atoms with E-state index in [1.807, 2.05) is 50.2 Å². The average Bonchev–Trinajstić information content (AvgIpc) is 3.52. The van der Waals surface area contributed by atoms with Crippen molar-refractivity contribution >= 4 is 17.7 Å². The highest BCUT2D eigenvalue weighted by Crippen LogP contribution is 2.33. The minimum atomic E-state index is -0.692. The van der Waals surface area contributed by atoms with Crippen LogP contribution < -0.4 is 10.6 Å². The molecule has 2 aromatic rings. The van der Waals surface area contributed by atoms with Crippen molar-refractivity contribution in [3.05, 3.63) is 70.8 Å². The van der Waals surface area contributed by atoms with Crippen LogP contribution in [0.25, 0.3) is 0 Å². The summed E-state index contributed by atoms with van der Waals surface area (Å²) >= 11 is 0. The summed E-state index contributed by atoms with van der Waals surface area (Å²) in [6, 6.07) is 14.8. The maximum Gasteiger partial charge on any atom is 0.246 e. The zero-order valence-corrected chi connectivity index (χ0v) is 21.0. The fourth-order valence-electron chi connectivity index (χ4n) is 5.31. The van der Waals surface area contributed by atoms with E-state index >= 15 is 0 Å². The highest BCUT2D eigenvalue weighted by molar-refractivity contribution is 5.93. The molecule has 2 aliphatic rings. The number of carbonyl (C=O) groups is 3. The molecule has 6 nitrogen and oxygen atoms in total. The molecule has 6 heteroatoms. The number of nitrogens with zero attached hydrogens (tertiary/aromatic N) is 1. The zero-order valence-electron chi connectivity index (χ0n) is 21.0. The molecular weight excluding hydrogens is 438 g/mol. The molecule has 3 amide bonds. The van der Waals surface area contributed by atoms with E-state index in [1.54, 1.807) is 4.90 Å². The predicted molar refractivity (Wildman–Crippen MR) is 137 cm³/mol. The lowest BCUT2D eigenvalue weighted by molar-refractivity contribution is -0.142. The topological polar surface area (TPSA) is 78.5 Å². The van der Waals surface area contributed by atoms with Crippen molar-refractivity contribution < 1.29 is 14.4 Å². The van der Waals surface area contributed by atoms with Gasteiger partial charge in [0.2, 0.25) is 17.7 Å². The van der Waals surface area contributed by atoms with Gasteiger partial charge < -0.3 is 15.5 Å². The second-order valence-corrected chi connectivity index (χ2v) is 9.99. The highest BCUT2D eigenvalue weighted by atomic mass is 16.2. The second kappa shape index (κ2) is 11.1. The minimum absolute atomic E-state index is 0.0137. The quantitative estimate of drug-likeness (QED) is 0.609. The van der Waals surface area contributed by atoms with Gasteiger partial charge in [-0.05, 0) is 61.3 Å².